The molecule has 0 bridgehead atoms. The third-order valence-corrected chi connectivity index (χ3v) is 15.2. The summed E-state index contributed by atoms with van der Waals surface area (Å²) >= 11 is 4.38. The SMILES string of the molecule is CC(C)(C)c1ccc2ccc3c(c2c1)c1c2cc(C(C)(C)C)ccc2ccc1n3-c1cccc(-n2c3ccc4ccc(C(C)(C)C)cc4c3c3c4cc(C(C)(C)C)ccc4ccc32)c1Br. The minimum Gasteiger partial charge on any atom is -0.308 e. The van der Waals surface area contributed by atoms with Crippen molar-refractivity contribution in [2.45, 2.75) is 105 Å². The Kier molecular flexibility index (Phi) is 9.03. The van der Waals surface area contributed by atoms with Crippen molar-refractivity contribution in [2.24, 2.45) is 0 Å². The van der Waals surface area contributed by atoms with Crippen LogP contribution in [0.1, 0.15) is 105 Å². The van der Waals surface area contributed by atoms with Crippen molar-refractivity contribution in [3.05, 3.63) is 166 Å². The molecule has 0 fully saturated rings. The smallest absolute Gasteiger partial charge is 0.0656 e. The van der Waals surface area contributed by atoms with Gasteiger partial charge in [-0.25, -0.2) is 0 Å². The topological polar surface area (TPSA) is 9.86 Å². The molecule has 0 aliphatic heterocycles. The summed E-state index contributed by atoms with van der Waals surface area (Å²) in [6.07, 6.45) is 0. The van der Waals surface area contributed by atoms with E-state index in [2.05, 4.69) is 248 Å². The molecule has 0 aliphatic rings. The Hall–Kier alpha value is -5.90. The number of rotatable bonds is 2. The average molecular weight is 912 g/mol. The third-order valence-electron chi connectivity index (χ3n) is 14.4. The second-order valence-corrected chi connectivity index (χ2v) is 23.7. The van der Waals surface area contributed by atoms with Crippen LogP contribution in [-0.2, 0) is 21.7 Å². The molecule has 0 unspecified atom stereocenters. The molecule has 2 heterocycles. The van der Waals surface area contributed by atoms with Crippen molar-refractivity contribution in [3.63, 3.8) is 0 Å². The minimum absolute atomic E-state index is 0.00907. The van der Waals surface area contributed by atoms with Crippen molar-refractivity contribution < 1.29 is 0 Å². The summed E-state index contributed by atoms with van der Waals surface area (Å²) in [7, 11) is 0. The van der Waals surface area contributed by atoms with E-state index in [-0.39, 0.29) is 21.7 Å². The average Bonchev–Trinajstić information content (AvgIpc) is 3.78. The normalized spacial score (nSPS) is 13.3. The van der Waals surface area contributed by atoms with Gasteiger partial charge in [-0.05, 0) is 164 Å². The second-order valence-electron chi connectivity index (χ2n) is 22.9. The van der Waals surface area contributed by atoms with Gasteiger partial charge in [-0.15, -0.1) is 0 Å². The molecule has 2 aromatic heterocycles. The molecule has 11 aromatic rings. The predicted molar refractivity (Wildman–Crippen MR) is 288 cm³/mol. The van der Waals surface area contributed by atoms with Gasteiger partial charge in [0, 0.05) is 21.5 Å². The highest BCUT2D eigenvalue weighted by molar-refractivity contribution is 9.10. The van der Waals surface area contributed by atoms with Gasteiger partial charge in [0.05, 0.1) is 37.9 Å². The van der Waals surface area contributed by atoms with Crippen molar-refractivity contribution >= 4 is 103 Å². The van der Waals surface area contributed by atoms with Gasteiger partial charge in [-0.1, -0.05) is 162 Å². The van der Waals surface area contributed by atoms with Crippen LogP contribution >= 0.6 is 15.9 Å². The molecule has 3 heteroatoms. The maximum absolute atomic E-state index is 4.38. The van der Waals surface area contributed by atoms with Crippen molar-refractivity contribution in [1.29, 1.82) is 0 Å². The Balaban J connectivity index is 1.27. The number of nitrogens with zero attached hydrogens (tertiary/aromatic N) is 2. The highest BCUT2D eigenvalue weighted by Crippen LogP contribution is 2.47. The summed E-state index contributed by atoms with van der Waals surface area (Å²) in [5.74, 6) is 0. The third kappa shape index (κ3) is 6.47. The summed E-state index contributed by atoms with van der Waals surface area (Å²) in [4.78, 5) is 0. The minimum atomic E-state index is 0.00907. The molecule has 0 radical (unpaired) electrons. The van der Waals surface area contributed by atoms with Gasteiger partial charge in [0.2, 0.25) is 0 Å². The van der Waals surface area contributed by atoms with Gasteiger partial charge in [-0.3, -0.25) is 0 Å². The van der Waals surface area contributed by atoms with E-state index >= 15 is 0 Å². The second kappa shape index (κ2) is 14.1. The lowest BCUT2D eigenvalue weighted by Crippen LogP contribution is -2.10. The number of hydrogen-bond donors (Lipinski definition) is 0. The first-order valence-corrected chi connectivity index (χ1v) is 24.2. The number of halogens is 1. The summed E-state index contributed by atoms with van der Waals surface area (Å²) < 4.78 is 6.10. The van der Waals surface area contributed by atoms with Crippen LogP contribution in [0.3, 0.4) is 0 Å². The van der Waals surface area contributed by atoms with E-state index in [4.69, 9.17) is 0 Å². The maximum Gasteiger partial charge on any atom is 0.0656 e. The standard InChI is InChI=1S/C62H59BrN2/c1-59(2,3)40-24-16-36-20-28-48-54(44(36)32-40)55-45-33-41(60(4,5)6)25-17-37(45)21-29-49(55)64(48)52-14-13-15-53(58(52)63)65-50-30-22-38-18-26-42(61(7,8)9)34-46(38)56(50)57-47-35-43(62(10,11)12)27-19-39(47)23-31-51(57)65/h13-35H,1-12H3. The summed E-state index contributed by atoms with van der Waals surface area (Å²) in [5.41, 5.74) is 12.4. The van der Waals surface area contributed by atoms with Crippen LogP contribution in [0.25, 0.3) is 98.1 Å². The molecule has 11 rings (SSSR count). The fourth-order valence-corrected chi connectivity index (χ4v) is 11.1. The Morgan fingerprint density at radius 3 is 0.769 bits per heavy atom. The fourth-order valence-electron chi connectivity index (χ4n) is 10.5. The molecular weight excluding hydrogens is 853 g/mol. The Morgan fingerprint density at radius 1 is 0.308 bits per heavy atom. The molecule has 9 aromatic carbocycles. The Morgan fingerprint density at radius 2 is 0.538 bits per heavy atom. The summed E-state index contributed by atoms with van der Waals surface area (Å²) in [6, 6.07) is 53.9. The van der Waals surface area contributed by atoms with Crippen molar-refractivity contribution in [2.75, 3.05) is 0 Å². The first-order chi connectivity index (χ1) is 30.7. The number of aromatic nitrogens is 2. The fraction of sp³-hybridized carbons (Fsp3) is 0.258. The zero-order valence-corrected chi connectivity index (χ0v) is 41.6. The lowest BCUT2D eigenvalue weighted by molar-refractivity contribution is 0.591. The zero-order chi connectivity index (χ0) is 45.7. The van der Waals surface area contributed by atoms with Crippen LogP contribution in [-0.4, -0.2) is 9.13 Å². The first kappa shape index (κ1) is 41.8. The lowest BCUT2D eigenvalue weighted by atomic mass is 9.84. The van der Waals surface area contributed by atoms with E-state index in [1.54, 1.807) is 0 Å². The van der Waals surface area contributed by atoms with Crippen LogP contribution in [0.5, 0.6) is 0 Å². The maximum atomic E-state index is 4.38. The van der Waals surface area contributed by atoms with Gasteiger partial charge in [-0.2, -0.15) is 0 Å². The Labute approximate surface area is 392 Å². The molecule has 324 valence electrons. The molecular formula is C62H59BrN2. The number of benzene rings is 9. The van der Waals surface area contributed by atoms with E-state index < -0.39 is 0 Å². The van der Waals surface area contributed by atoms with E-state index in [0.717, 1.165) is 15.8 Å². The van der Waals surface area contributed by atoms with Crippen LogP contribution in [0.2, 0.25) is 0 Å². The first-order valence-electron chi connectivity index (χ1n) is 23.4. The van der Waals surface area contributed by atoms with Crippen LogP contribution in [0.4, 0.5) is 0 Å². The van der Waals surface area contributed by atoms with Crippen LogP contribution in [0, 0.1) is 0 Å². The monoisotopic (exact) mass is 910 g/mol. The largest absolute Gasteiger partial charge is 0.308 e. The molecule has 0 amide bonds. The highest BCUT2D eigenvalue weighted by Gasteiger charge is 2.26. The highest BCUT2D eigenvalue weighted by atomic mass is 79.9. The van der Waals surface area contributed by atoms with E-state index in [1.807, 2.05) is 0 Å². The predicted octanol–water partition coefficient (Wildman–Crippen LogP) is 18.4. The van der Waals surface area contributed by atoms with Crippen LogP contribution < -0.4 is 0 Å². The molecule has 2 nitrogen and oxygen atoms in total. The number of fused-ring (bicyclic) bond motifs is 14. The molecule has 65 heavy (non-hydrogen) atoms. The zero-order valence-electron chi connectivity index (χ0n) is 40.1. The van der Waals surface area contributed by atoms with Gasteiger partial charge in [0.25, 0.3) is 0 Å². The summed E-state index contributed by atoms with van der Waals surface area (Å²) in [6.45, 7) is 27.8. The van der Waals surface area contributed by atoms with Gasteiger partial charge in [0.1, 0.15) is 0 Å². The molecule has 0 aliphatic carbocycles. The number of hydrogen-bond acceptors (Lipinski definition) is 0. The van der Waals surface area contributed by atoms with Crippen molar-refractivity contribution in [3.8, 4) is 11.4 Å². The van der Waals surface area contributed by atoms with E-state index in [0.29, 0.717) is 0 Å². The summed E-state index contributed by atoms with van der Waals surface area (Å²) in [5, 5.41) is 15.4. The molecule has 0 saturated heterocycles. The van der Waals surface area contributed by atoms with Gasteiger partial charge >= 0.3 is 0 Å². The van der Waals surface area contributed by atoms with E-state index in [1.165, 1.54) is 109 Å². The van der Waals surface area contributed by atoms with Gasteiger partial charge in [0.15, 0.2) is 0 Å². The molecule has 0 atom stereocenters. The quantitative estimate of drug-likeness (QED) is 0.164. The van der Waals surface area contributed by atoms with Crippen LogP contribution in [0.15, 0.2) is 144 Å². The van der Waals surface area contributed by atoms with Crippen molar-refractivity contribution in [1.82, 2.24) is 9.13 Å². The lowest BCUT2D eigenvalue weighted by Gasteiger charge is -2.20. The van der Waals surface area contributed by atoms with E-state index in [9.17, 15) is 0 Å². The Bertz CT molecular complexity index is 3340. The van der Waals surface area contributed by atoms with Gasteiger partial charge < -0.3 is 9.13 Å². The molecule has 0 saturated carbocycles. The molecule has 0 spiro atoms. The molecule has 0 N–H and O–H groups in total.